The summed E-state index contributed by atoms with van der Waals surface area (Å²) in [6.07, 6.45) is 5.32. The van der Waals surface area contributed by atoms with Gasteiger partial charge in [-0.25, -0.2) is 4.98 Å². The SMILES string of the molecule is Cc1c(COc2cc(OCc3cncc(C#N)c3)c(CN[C@@](C)(CO)C(=O)O)cc2Cl)cccc1-c1cccc(-c2ccc3[nH]c([C@@H]4CCCN4)nc3c2)c1C. The van der Waals surface area contributed by atoms with Gasteiger partial charge in [0.15, 0.2) is 0 Å². The zero-order valence-corrected chi connectivity index (χ0v) is 32.2. The fourth-order valence-electron chi connectivity index (χ4n) is 7.04. The molecule has 1 aliphatic heterocycles. The molecule has 286 valence electrons. The van der Waals surface area contributed by atoms with Gasteiger partial charge in [0.05, 0.1) is 34.3 Å². The number of H-pyrrole nitrogens is 1. The summed E-state index contributed by atoms with van der Waals surface area (Å²) in [6, 6.07) is 26.3. The van der Waals surface area contributed by atoms with Crippen molar-refractivity contribution in [2.45, 2.75) is 65.0 Å². The van der Waals surface area contributed by atoms with Crippen molar-refractivity contribution in [3.8, 4) is 39.8 Å². The maximum absolute atomic E-state index is 11.9. The zero-order valence-electron chi connectivity index (χ0n) is 31.4. The van der Waals surface area contributed by atoms with E-state index in [2.05, 4.69) is 83.0 Å². The second kappa shape index (κ2) is 16.5. The van der Waals surface area contributed by atoms with Crippen LogP contribution < -0.4 is 20.1 Å². The predicted octanol–water partition coefficient (Wildman–Crippen LogP) is 7.94. The normalized spacial score (nSPS) is 15.0. The number of benzene rings is 4. The van der Waals surface area contributed by atoms with Gasteiger partial charge in [-0.2, -0.15) is 5.26 Å². The predicted molar refractivity (Wildman–Crippen MR) is 215 cm³/mol. The molecular formula is C44H43ClN6O5. The lowest BCUT2D eigenvalue weighted by molar-refractivity contribution is -0.145. The summed E-state index contributed by atoms with van der Waals surface area (Å²) in [5, 5.41) is 35.5. The summed E-state index contributed by atoms with van der Waals surface area (Å²) in [4.78, 5) is 24.4. The highest BCUT2D eigenvalue weighted by Gasteiger charge is 2.32. The number of carbonyl (C=O) groups is 1. The number of aromatic amines is 1. The Labute approximate surface area is 330 Å². The number of rotatable bonds is 14. The average Bonchev–Trinajstić information content (AvgIpc) is 3.90. The van der Waals surface area contributed by atoms with E-state index in [9.17, 15) is 20.3 Å². The van der Waals surface area contributed by atoms with Gasteiger partial charge in [0.2, 0.25) is 0 Å². The number of ether oxygens (including phenoxy) is 2. The second-order valence-corrected chi connectivity index (χ2v) is 14.8. The monoisotopic (exact) mass is 770 g/mol. The molecule has 0 bridgehead atoms. The fraction of sp³-hybridized carbons (Fsp3) is 0.273. The lowest BCUT2D eigenvalue weighted by Gasteiger charge is -2.25. The van der Waals surface area contributed by atoms with Gasteiger partial charge < -0.3 is 30.0 Å². The first kappa shape index (κ1) is 38.5. The van der Waals surface area contributed by atoms with E-state index < -0.39 is 18.1 Å². The van der Waals surface area contributed by atoms with Crippen LogP contribution in [0.25, 0.3) is 33.3 Å². The van der Waals surface area contributed by atoms with Gasteiger partial charge in [0.25, 0.3) is 0 Å². The molecule has 5 N–H and O–H groups in total. The molecule has 0 amide bonds. The van der Waals surface area contributed by atoms with Crippen LogP contribution in [0.1, 0.15) is 65.0 Å². The van der Waals surface area contributed by atoms with Crippen molar-refractivity contribution in [2.24, 2.45) is 0 Å². The molecule has 3 heterocycles. The topological polar surface area (TPSA) is 165 Å². The van der Waals surface area contributed by atoms with Crippen LogP contribution in [0.3, 0.4) is 0 Å². The minimum atomic E-state index is -1.59. The third-order valence-electron chi connectivity index (χ3n) is 10.5. The summed E-state index contributed by atoms with van der Waals surface area (Å²) in [6.45, 7) is 6.37. The number of nitrogens with zero attached hydrogens (tertiary/aromatic N) is 3. The van der Waals surface area contributed by atoms with Crippen LogP contribution in [0.4, 0.5) is 0 Å². The standard InChI is InChI=1S/C44H43ClN6O5/c1-26-31(7-4-9-34(26)35-10-5-8-33(27(35)2)30-12-13-37-39(17-30)51-42(50-37)38-11-6-14-48-38)24-56-41-18-40(55-23-29-15-28(19-46)20-47-21-29)32(16-36(41)45)22-49-44(3,25-52)43(53)54/h4-5,7-10,12-13,15-18,20-21,38,48-49,52H,6,11,14,22-25H2,1-3H3,(H,50,51)(H,53,54)/t38-,44-/m0/s1. The molecular weight excluding hydrogens is 728 g/mol. The number of halogens is 1. The van der Waals surface area contributed by atoms with E-state index in [4.69, 9.17) is 26.1 Å². The van der Waals surface area contributed by atoms with Gasteiger partial charge in [-0.15, -0.1) is 0 Å². The van der Waals surface area contributed by atoms with Crippen LogP contribution in [0.5, 0.6) is 11.5 Å². The van der Waals surface area contributed by atoms with E-state index in [0.717, 1.165) is 75.2 Å². The molecule has 0 saturated carbocycles. The van der Waals surface area contributed by atoms with Gasteiger partial charge in [-0.05, 0) is 103 Å². The van der Waals surface area contributed by atoms with Crippen molar-refractivity contribution < 1.29 is 24.5 Å². The number of imidazole rings is 1. The van der Waals surface area contributed by atoms with Gasteiger partial charge in [-0.3, -0.25) is 15.1 Å². The van der Waals surface area contributed by atoms with E-state index in [-0.39, 0.29) is 25.8 Å². The summed E-state index contributed by atoms with van der Waals surface area (Å²) < 4.78 is 12.5. The van der Waals surface area contributed by atoms with Crippen molar-refractivity contribution in [1.29, 1.82) is 5.26 Å². The van der Waals surface area contributed by atoms with Crippen LogP contribution in [-0.2, 0) is 24.6 Å². The molecule has 6 aromatic rings. The van der Waals surface area contributed by atoms with E-state index >= 15 is 0 Å². The molecule has 1 fully saturated rings. The minimum Gasteiger partial charge on any atom is -0.488 e. The molecule has 2 aromatic heterocycles. The highest BCUT2D eigenvalue weighted by atomic mass is 35.5. The number of aromatic nitrogens is 3. The van der Waals surface area contributed by atoms with Crippen molar-refractivity contribution >= 4 is 28.6 Å². The van der Waals surface area contributed by atoms with Crippen LogP contribution in [0, 0.1) is 25.2 Å². The van der Waals surface area contributed by atoms with Crippen molar-refractivity contribution in [3.05, 3.63) is 129 Å². The molecule has 0 spiro atoms. The molecule has 1 saturated heterocycles. The Morgan fingerprint density at radius 2 is 1.75 bits per heavy atom. The van der Waals surface area contributed by atoms with E-state index in [1.165, 1.54) is 13.1 Å². The highest BCUT2D eigenvalue weighted by Crippen LogP contribution is 2.37. The van der Waals surface area contributed by atoms with Gasteiger partial charge in [0, 0.05) is 36.1 Å². The van der Waals surface area contributed by atoms with Crippen LogP contribution in [0.15, 0.2) is 85.2 Å². The van der Waals surface area contributed by atoms with Crippen molar-refractivity contribution in [1.82, 2.24) is 25.6 Å². The number of aliphatic hydroxyl groups is 1. The number of pyridine rings is 1. The first-order valence-corrected chi connectivity index (χ1v) is 18.9. The molecule has 12 heteroatoms. The molecule has 0 radical (unpaired) electrons. The number of nitriles is 1. The molecule has 7 rings (SSSR count). The largest absolute Gasteiger partial charge is 0.488 e. The number of carboxylic acids is 1. The number of hydrogen-bond donors (Lipinski definition) is 5. The summed E-state index contributed by atoms with van der Waals surface area (Å²) in [5.41, 5.74) is 9.69. The van der Waals surface area contributed by atoms with E-state index in [1.54, 1.807) is 24.4 Å². The van der Waals surface area contributed by atoms with Gasteiger partial charge in [-0.1, -0.05) is 54.1 Å². The van der Waals surface area contributed by atoms with Crippen LogP contribution in [-0.4, -0.2) is 49.8 Å². The summed E-state index contributed by atoms with van der Waals surface area (Å²) in [7, 11) is 0. The smallest absolute Gasteiger partial charge is 0.326 e. The van der Waals surface area contributed by atoms with Crippen LogP contribution >= 0.6 is 11.6 Å². The molecule has 1 aliphatic rings. The maximum Gasteiger partial charge on any atom is 0.326 e. The van der Waals surface area contributed by atoms with Gasteiger partial charge in [0.1, 0.15) is 42.1 Å². The van der Waals surface area contributed by atoms with Crippen molar-refractivity contribution in [2.75, 3.05) is 13.2 Å². The lowest BCUT2D eigenvalue weighted by atomic mass is 9.89. The Morgan fingerprint density at radius 3 is 2.50 bits per heavy atom. The Hall–Kier alpha value is -5.77. The number of nitrogens with one attached hydrogen (secondary N) is 3. The lowest BCUT2D eigenvalue weighted by Crippen LogP contribution is -2.52. The first-order chi connectivity index (χ1) is 27.1. The minimum absolute atomic E-state index is 0.0310. The molecule has 11 nitrogen and oxygen atoms in total. The molecule has 0 unspecified atom stereocenters. The Bertz CT molecular complexity index is 2450. The fourth-order valence-corrected chi connectivity index (χ4v) is 7.28. The number of aliphatic hydroxyl groups excluding tert-OH is 1. The Kier molecular flexibility index (Phi) is 11.4. The number of fused-ring (bicyclic) bond motifs is 1. The second-order valence-electron chi connectivity index (χ2n) is 14.4. The zero-order chi connectivity index (χ0) is 39.4. The highest BCUT2D eigenvalue weighted by molar-refractivity contribution is 6.32. The number of hydrogen-bond acceptors (Lipinski definition) is 9. The van der Waals surface area contributed by atoms with Gasteiger partial charge >= 0.3 is 5.97 Å². The maximum atomic E-state index is 11.9. The third kappa shape index (κ3) is 8.10. The first-order valence-electron chi connectivity index (χ1n) is 18.5. The van der Waals surface area contributed by atoms with E-state index in [0.29, 0.717) is 33.2 Å². The Balaban J connectivity index is 1.13. The molecule has 0 aliphatic carbocycles. The van der Waals surface area contributed by atoms with E-state index in [1.807, 2.05) is 12.1 Å². The third-order valence-corrected chi connectivity index (χ3v) is 10.8. The summed E-state index contributed by atoms with van der Waals surface area (Å²) in [5.74, 6) is 0.561. The Morgan fingerprint density at radius 1 is 0.982 bits per heavy atom. The van der Waals surface area contributed by atoms with Crippen molar-refractivity contribution in [3.63, 3.8) is 0 Å². The molecule has 4 aromatic carbocycles. The number of aliphatic carboxylic acids is 1. The molecule has 2 atom stereocenters. The quantitative estimate of drug-likeness (QED) is 0.0734. The number of carboxylic acid groups (broad SMARTS) is 1. The average molecular weight is 771 g/mol. The summed E-state index contributed by atoms with van der Waals surface area (Å²) >= 11 is 6.78. The van der Waals surface area contributed by atoms with Crippen LogP contribution in [0.2, 0.25) is 5.02 Å². The molecule has 56 heavy (non-hydrogen) atoms.